The third-order valence-corrected chi connectivity index (χ3v) is 13.8. The number of unbranched alkanes of at least 4 members (excludes halogenated alkanes) is 26. The van der Waals surface area contributed by atoms with E-state index in [1.807, 2.05) is 0 Å². The molecule has 0 aromatic rings. The number of ether oxygens (including phenoxy) is 5. The highest BCUT2D eigenvalue weighted by molar-refractivity contribution is 5.74. The molecule has 1 aliphatic rings. The lowest BCUT2D eigenvalue weighted by molar-refractivity contribution is -0.301. The highest BCUT2D eigenvalue weighted by atomic mass is 16.7. The standard InChI is InChI=1S/C65H110O12/c1-4-7-10-13-16-19-22-25-28-29-32-33-36-39-42-45-48-51-57(66)73-54-56(75-58(67)52-49-46-43-40-37-34-30-26-23-20-17-14-11-8-5-2)55-74-65-63(61(70)60(69)62(77-65)64(71)72)76-59(68)53-50-47-44-41-38-35-31-27-24-21-18-15-12-9-6-3/h7,9-10,12,16,18-19,21,25,27-28,31,56,60-63,65,69-70H,4-6,8,11,13-15,17,20,22-24,26,29-30,32-55H2,1-3H3,(H,71,72)/b10-7-,12-9-,19-16-,21-18-,28-25-,31-27-. The number of hydrogen-bond acceptors (Lipinski definition) is 11. The van der Waals surface area contributed by atoms with Crippen LogP contribution in [0.1, 0.15) is 265 Å². The van der Waals surface area contributed by atoms with Gasteiger partial charge in [0.15, 0.2) is 24.6 Å². The molecule has 1 fully saturated rings. The van der Waals surface area contributed by atoms with Crippen molar-refractivity contribution in [2.75, 3.05) is 13.2 Å². The molecular formula is C65H110O12. The Balaban J connectivity index is 2.69. The summed E-state index contributed by atoms with van der Waals surface area (Å²) in [5.41, 5.74) is 0. The largest absolute Gasteiger partial charge is 0.479 e. The van der Waals surface area contributed by atoms with Crippen LogP contribution in [0.4, 0.5) is 0 Å². The lowest BCUT2D eigenvalue weighted by atomic mass is 9.98. The van der Waals surface area contributed by atoms with Gasteiger partial charge in [-0.05, 0) is 83.5 Å². The van der Waals surface area contributed by atoms with Gasteiger partial charge < -0.3 is 39.0 Å². The fourth-order valence-electron chi connectivity index (χ4n) is 9.10. The summed E-state index contributed by atoms with van der Waals surface area (Å²) in [6.07, 6.45) is 54.3. The normalized spacial score (nSPS) is 18.5. The van der Waals surface area contributed by atoms with Crippen LogP contribution in [0.15, 0.2) is 72.9 Å². The molecule has 12 nitrogen and oxygen atoms in total. The summed E-state index contributed by atoms with van der Waals surface area (Å²) in [5.74, 6) is -3.14. The molecule has 1 aliphatic heterocycles. The van der Waals surface area contributed by atoms with E-state index in [0.717, 1.165) is 128 Å². The van der Waals surface area contributed by atoms with Crippen molar-refractivity contribution in [2.24, 2.45) is 0 Å². The van der Waals surface area contributed by atoms with Gasteiger partial charge in [0.05, 0.1) is 6.61 Å². The van der Waals surface area contributed by atoms with Crippen LogP contribution in [-0.2, 0) is 42.9 Å². The van der Waals surface area contributed by atoms with Gasteiger partial charge in [-0.25, -0.2) is 4.79 Å². The first-order valence-electron chi connectivity index (χ1n) is 30.9. The molecule has 0 bridgehead atoms. The Labute approximate surface area is 468 Å². The van der Waals surface area contributed by atoms with E-state index in [2.05, 4.69) is 93.7 Å². The minimum absolute atomic E-state index is 0.0395. The molecule has 0 saturated carbocycles. The molecular weight excluding hydrogens is 973 g/mol. The van der Waals surface area contributed by atoms with Crippen molar-refractivity contribution in [2.45, 2.75) is 302 Å². The molecule has 442 valence electrons. The summed E-state index contributed by atoms with van der Waals surface area (Å²) in [6, 6.07) is 0. The fourth-order valence-corrected chi connectivity index (χ4v) is 9.10. The Morgan fingerprint density at radius 1 is 0.442 bits per heavy atom. The number of aliphatic hydroxyl groups is 2. The van der Waals surface area contributed by atoms with E-state index >= 15 is 0 Å². The highest BCUT2D eigenvalue weighted by Gasteiger charge is 2.50. The van der Waals surface area contributed by atoms with Gasteiger partial charge in [-0.3, -0.25) is 14.4 Å². The molecule has 0 spiro atoms. The van der Waals surface area contributed by atoms with Crippen LogP contribution in [0, 0.1) is 0 Å². The Morgan fingerprint density at radius 3 is 1.25 bits per heavy atom. The highest BCUT2D eigenvalue weighted by Crippen LogP contribution is 2.26. The lowest BCUT2D eigenvalue weighted by Gasteiger charge is -2.40. The van der Waals surface area contributed by atoms with Crippen molar-refractivity contribution in [3.05, 3.63) is 72.9 Å². The molecule has 77 heavy (non-hydrogen) atoms. The van der Waals surface area contributed by atoms with E-state index in [4.69, 9.17) is 23.7 Å². The number of carbonyl (C=O) groups is 4. The Bertz CT molecular complexity index is 1620. The molecule has 1 rings (SSSR count). The third-order valence-electron chi connectivity index (χ3n) is 13.8. The average Bonchev–Trinajstić information content (AvgIpc) is 3.42. The number of rotatable bonds is 52. The molecule has 6 unspecified atom stereocenters. The van der Waals surface area contributed by atoms with E-state index < -0.39 is 67.3 Å². The molecule has 1 heterocycles. The summed E-state index contributed by atoms with van der Waals surface area (Å²) in [4.78, 5) is 51.2. The van der Waals surface area contributed by atoms with E-state index in [0.29, 0.717) is 19.3 Å². The van der Waals surface area contributed by atoms with E-state index in [9.17, 15) is 34.5 Å². The summed E-state index contributed by atoms with van der Waals surface area (Å²) < 4.78 is 28.5. The SMILES string of the molecule is CC/C=C\C/C=C\C/C=C\CCCCCCCCCC(=O)OCC(COC1OC(C(=O)O)C(O)C(O)C1OC(=O)CCCCCCC/C=C\C/C=C\C/C=C\CC)OC(=O)CCCCCCCCCCCCCCCCC. The molecule has 0 aliphatic carbocycles. The van der Waals surface area contributed by atoms with Gasteiger partial charge >= 0.3 is 23.9 Å². The number of allylic oxidation sites excluding steroid dienone is 12. The van der Waals surface area contributed by atoms with Crippen molar-refractivity contribution in [1.82, 2.24) is 0 Å². The Hall–Kier alpha value is -3.84. The number of hydrogen-bond donors (Lipinski definition) is 3. The topological polar surface area (TPSA) is 175 Å². The molecule has 0 aromatic heterocycles. The molecule has 1 saturated heterocycles. The summed E-state index contributed by atoms with van der Waals surface area (Å²) >= 11 is 0. The van der Waals surface area contributed by atoms with Crippen LogP contribution in [0.2, 0.25) is 0 Å². The second-order valence-electron chi connectivity index (χ2n) is 20.9. The summed E-state index contributed by atoms with van der Waals surface area (Å²) in [7, 11) is 0. The monoisotopic (exact) mass is 1080 g/mol. The fraction of sp³-hybridized carbons (Fsp3) is 0.754. The molecule has 12 heteroatoms. The summed E-state index contributed by atoms with van der Waals surface area (Å²) in [6.45, 7) is 5.78. The van der Waals surface area contributed by atoms with Crippen molar-refractivity contribution >= 4 is 23.9 Å². The van der Waals surface area contributed by atoms with Gasteiger partial charge in [-0.15, -0.1) is 0 Å². The first-order chi connectivity index (χ1) is 37.6. The minimum atomic E-state index is -1.91. The number of aliphatic hydroxyl groups excluding tert-OH is 2. The number of carboxylic acids is 1. The smallest absolute Gasteiger partial charge is 0.335 e. The Kier molecular flexibility index (Phi) is 48.8. The molecule has 0 aromatic carbocycles. The van der Waals surface area contributed by atoms with Gasteiger partial charge in [0, 0.05) is 19.3 Å². The number of carbonyl (C=O) groups excluding carboxylic acids is 3. The van der Waals surface area contributed by atoms with Gasteiger partial charge in [0.1, 0.15) is 18.8 Å². The summed E-state index contributed by atoms with van der Waals surface area (Å²) in [5, 5.41) is 31.5. The maximum absolute atomic E-state index is 13.2. The van der Waals surface area contributed by atoms with Crippen molar-refractivity contribution < 1.29 is 58.2 Å². The predicted molar refractivity (Wildman–Crippen MR) is 312 cm³/mol. The van der Waals surface area contributed by atoms with Crippen molar-refractivity contribution in [3.8, 4) is 0 Å². The zero-order valence-corrected chi connectivity index (χ0v) is 48.7. The maximum atomic E-state index is 13.2. The van der Waals surface area contributed by atoms with E-state index in [1.165, 1.54) is 77.0 Å². The van der Waals surface area contributed by atoms with E-state index in [-0.39, 0.29) is 25.9 Å². The van der Waals surface area contributed by atoms with Gasteiger partial charge in [-0.1, -0.05) is 235 Å². The lowest BCUT2D eigenvalue weighted by Crippen LogP contribution is -2.61. The second-order valence-corrected chi connectivity index (χ2v) is 20.9. The van der Waals surface area contributed by atoms with Crippen molar-refractivity contribution in [3.63, 3.8) is 0 Å². The zero-order chi connectivity index (χ0) is 56.1. The maximum Gasteiger partial charge on any atom is 0.335 e. The Morgan fingerprint density at radius 2 is 0.818 bits per heavy atom. The number of esters is 3. The van der Waals surface area contributed by atoms with Crippen LogP contribution in [0.3, 0.4) is 0 Å². The molecule has 6 atom stereocenters. The van der Waals surface area contributed by atoms with Crippen LogP contribution in [-0.4, -0.2) is 89.2 Å². The average molecular weight is 1080 g/mol. The van der Waals surface area contributed by atoms with Crippen LogP contribution in [0.5, 0.6) is 0 Å². The van der Waals surface area contributed by atoms with E-state index in [1.54, 1.807) is 0 Å². The number of carboxylic acid groups (broad SMARTS) is 1. The van der Waals surface area contributed by atoms with Crippen LogP contribution in [0.25, 0.3) is 0 Å². The van der Waals surface area contributed by atoms with Gasteiger partial charge in [0.2, 0.25) is 0 Å². The predicted octanol–water partition coefficient (Wildman–Crippen LogP) is 16.1. The quantitative estimate of drug-likeness (QED) is 0.0228. The van der Waals surface area contributed by atoms with Crippen LogP contribution < -0.4 is 0 Å². The van der Waals surface area contributed by atoms with Gasteiger partial charge in [-0.2, -0.15) is 0 Å². The first-order valence-corrected chi connectivity index (χ1v) is 30.9. The molecule has 3 N–H and O–H groups in total. The minimum Gasteiger partial charge on any atom is -0.479 e. The van der Waals surface area contributed by atoms with Gasteiger partial charge in [0.25, 0.3) is 0 Å². The first kappa shape index (κ1) is 71.2. The second kappa shape index (κ2) is 52.8. The number of aliphatic carboxylic acids is 1. The third kappa shape index (κ3) is 42.7. The van der Waals surface area contributed by atoms with Crippen LogP contribution >= 0.6 is 0 Å². The molecule has 0 radical (unpaired) electrons. The zero-order valence-electron chi connectivity index (χ0n) is 48.7. The molecule has 0 amide bonds. The van der Waals surface area contributed by atoms with Crippen molar-refractivity contribution in [1.29, 1.82) is 0 Å².